The average Bonchev–Trinajstić information content (AvgIpc) is 2.71. The lowest BCUT2D eigenvalue weighted by atomic mass is 10.3. The molecular weight excluding hydrogens is 328 g/mol. The Bertz CT molecular complexity index is 598. The molecular formula is C13H15BrN2O2S. The van der Waals surface area contributed by atoms with Crippen LogP contribution >= 0.6 is 27.7 Å². The quantitative estimate of drug-likeness (QED) is 0.811. The monoisotopic (exact) mass is 342 g/mol. The molecule has 0 aliphatic carbocycles. The minimum atomic E-state index is -0.819. The van der Waals surface area contributed by atoms with E-state index in [1.807, 2.05) is 18.2 Å². The number of benzene rings is 1. The molecule has 2 aromatic rings. The van der Waals surface area contributed by atoms with Gasteiger partial charge < -0.3 is 9.67 Å². The van der Waals surface area contributed by atoms with Crippen molar-refractivity contribution in [2.24, 2.45) is 0 Å². The van der Waals surface area contributed by atoms with E-state index in [-0.39, 0.29) is 5.75 Å². The van der Waals surface area contributed by atoms with Gasteiger partial charge in [0.2, 0.25) is 0 Å². The van der Waals surface area contributed by atoms with Crippen molar-refractivity contribution in [2.75, 3.05) is 5.75 Å². The zero-order valence-corrected chi connectivity index (χ0v) is 13.0. The van der Waals surface area contributed by atoms with Crippen molar-refractivity contribution in [3.8, 4) is 0 Å². The fraction of sp³-hybridized carbons (Fsp3) is 0.385. The Kier molecular flexibility index (Phi) is 4.87. The highest BCUT2D eigenvalue weighted by atomic mass is 79.9. The first-order valence-electron chi connectivity index (χ1n) is 6.12. The largest absolute Gasteiger partial charge is 0.481 e. The number of thioether (sulfide) groups is 1. The topological polar surface area (TPSA) is 55.1 Å². The molecule has 102 valence electrons. The maximum atomic E-state index is 10.7. The smallest absolute Gasteiger partial charge is 0.313 e. The molecule has 6 heteroatoms. The molecule has 1 N–H and O–H groups in total. The van der Waals surface area contributed by atoms with Gasteiger partial charge in [-0.2, -0.15) is 0 Å². The third kappa shape index (κ3) is 3.51. The van der Waals surface area contributed by atoms with E-state index < -0.39 is 5.97 Å². The van der Waals surface area contributed by atoms with E-state index in [9.17, 15) is 4.79 Å². The van der Waals surface area contributed by atoms with Crippen LogP contribution in [0.15, 0.2) is 27.8 Å². The lowest BCUT2D eigenvalue weighted by molar-refractivity contribution is -0.133. The Morgan fingerprint density at radius 1 is 1.53 bits per heavy atom. The summed E-state index contributed by atoms with van der Waals surface area (Å²) in [6, 6.07) is 5.93. The number of unbranched alkanes of at least 4 members (excludes halogenated alkanes) is 1. The summed E-state index contributed by atoms with van der Waals surface area (Å²) < 4.78 is 3.12. The number of carboxylic acid groups (broad SMARTS) is 1. The van der Waals surface area contributed by atoms with Gasteiger partial charge in [-0.3, -0.25) is 4.79 Å². The Hall–Kier alpha value is -1.01. The predicted octanol–water partition coefficient (Wildman–Crippen LogP) is 3.78. The van der Waals surface area contributed by atoms with Crippen molar-refractivity contribution < 1.29 is 9.90 Å². The molecule has 1 heterocycles. The van der Waals surface area contributed by atoms with Crippen LogP contribution in [-0.4, -0.2) is 26.4 Å². The molecule has 1 aromatic heterocycles. The van der Waals surface area contributed by atoms with Crippen LogP contribution in [0, 0.1) is 0 Å². The van der Waals surface area contributed by atoms with Gasteiger partial charge in [-0.05, 0) is 24.6 Å². The van der Waals surface area contributed by atoms with Crippen LogP contribution in [-0.2, 0) is 11.3 Å². The van der Waals surface area contributed by atoms with E-state index in [1.54, 1.807) is 0 Å². The standard InChI is InChI=1S/C13H15BrN2O2S/c1-2-3-6-16-11-7-9(14)4-5-10(11)15-13(16)19-8-12(17)18/h4-5,7H,2-3,6,8H2,1H3,(H,17,18). The minimum Gasteiger partial charge on any atom is -0.481 e. The number of carboxylic acids is 1. The van der Waals surface area contributed by atoms with Gasteiger partial charge in [0.15, 0.2) is 5.16 Å². The molecule has 0 spiro atoms. The number of hydrogen-bond donors (Lipinski definition) is 1. The fourth-order valence-electron chi connectivity index (χ4n) is 1.84. The molecule has 2 rings (SSSR count). The Labute approximate surface area is 124 Å². The van der Waals surface area contributed by atoms with E-state index in [2.05, 4.69) is 32.4 Å². The van der Waals surface area contributed by atoms with Crippen molar-refractivity contribution in [3.05, 3.63) is 22.7 Å². The third-order valence-corrected chi connectivity index (χ3v) is 4.19. The van der Waals surface area contributed by atoms with Crippen LogP contribution < -0.4 is 0 Å². The number of fused-ring (bicyclic) bond motifs is 1. The average molecular weight is 343 g/mol. The Balaban J connectivity index is 2.39. The lowest BCUT2D eigenvalue weighted by Gasteiger charge is -2.07. The molecule has 0 unspecified atom stereocenters. The van der Waals surface area contributed by atoms with E-state index >= 15 is 0 Å². The van der Waals surface area contributed by atoms with E-state index in [0.717, 1.165) is 40.0 Å². The van der Waals surface area contributed by atoms with Gasteiger partial charge in [0.25, 0.3) is 0 Å². The number of halogens is 1. The van der Waals surface area contributed by atoms with Crippen molar-refractivity contribution in [3.63, 3.8) is 0 Å². The number of imidazole rings is 1. The maximum absolute atomic E-state index is 10.7. The second-order valence-corrected chi connectivity index (χ2v) is 6.07. The summed E-state index contributed by atoms with van der Waals surface area (Å²) in [6.45, 7) is 3.00. The number of aryl methyl sites for hydroxylation is 1. The molecule has 0 aliphatic heterocycles. The zero-order chi connectivity index (χ0) is 13.8. The molecule has 4 nitrogen and oxygen atoms in total. The molecule has 1 aromatic carbocycles. The first-order valence-corrected chi connectivity index (χ1v) is 7.90. The highest BCUT2D eigenvalue weighted by Crippen LogP contribution is 2.26. The molecule has 0 saturated heterocycles. The van der Waals surface area contributed by atoms with Crippen LogP contribution in [0.5, 0.6) is 0 Å². The zero-order valence-electron chi connectivity index (χ0n) is 10.6. The second-order valence-electron chi connectivity index (χ2n) is 4.22. The van der Waals surface area contributed by atoms with Crippen LogP contribution in [0.3, 0.4) is 0 Å². The highest BCUT2D eigenvalue weighted by molar-refractivity contribution is 9.10. The van der Waals surface area contributed by atoms with E-state index in [0.29, 0.717) is 0 Å². The van der Waals surface area contributed by atoms with Gasteiger partial charge >= 0.3 is 5.97 Å². The van der Waals surface area contributed by atoms with Gasteiger partial charge in [0.1, 0.15) is 0 Å². The van der Waals surface area contributed by atoms with Crippen molar-refractivity contribution in [1.29, 1.82) is 0 Å². The molecule has 0 aliphatic rings. The summed E-state index contributed by atoms with van der Waals surface area (Å²) in [4.78, 5) is 15.2. The minimum absolute atomic E-state index is 0.0383. The van der Waals surface area contributed by atoms with Crippen molar-refractivity contribution >= 4 is 44.7 Å². The van der Waals surface area contributed by atoms with E-state index in [1.165, 1.54) is 11.8 Å². The summed E-state index contributed by atoms with van der Waals surface area (Å²) in [5.74, 6) is -0.781. The lowest BCUT2D eigenvalue weighted by Crippen LogP contribution is -2.03. The number of carbonyl (C=O) groups is 1. The molecule has 0 amide bonds. The van der Waals surface area contributed by atoms with Crippen LogP contribution in [0.25, 0.3) is 11.0 Å². The summed E-state index contributed by atoms with van der Waals surface area (Å²) in [7, 11) is 0. The van der Waals surface area contributed by atoms with Crippen molar-refractivity contribution in [2.45, 2.75) is 31.5 Å². The highest BCUT2D eigenvalue weighted by Gasteiger charge is 2.12. The number of aliphatic carboxylic acids is 1. The van der Waals surface area contributed by atoms with Crippen LogP contribution in [0.2, 0.25) is 0 Å². The third-order valence-electron chi connectivity index (χ3n) is 2.74. The second kappa shape index (κ2) is 6.43. The summed E-state index contributed by atoms with van der Waals surface area (Å²) in [6.07, 6.45) is 2.15. The molecule has 0 fully saturated rings. The SMILES string of the molecule is CCCCn1c(SCC(=O)O)nc2ccc(Br)cc21. The first-order chi connectivity index (χ1) is 9.11. The van der Waals surface area contributed by atoms with Crippen molar-refractivity contribution in [1.82, 2.24) is 9.55 Å². The molecule has 0 bridgehead atoms. The first kappa shape index (κ1) is 14.4. The van der Waals surface area contributed by atoms with Crippen LogP contribution in [0.1, 0.15) is 19.8 Å². The molecule has 0 atom stereocenters. The Morgan fingerprint density at radius 3 is 3.00 bits per heavy atom. The van der Waals surface area contributed by atoms with Crippen LogP contribution in [0.4, 0.5) is 0 Å². The van der Waals surface area contributed by atoms with Gasteiger partial charge in [0, 0.05) is 11.0 Å². The number of hydrogen-bond acceptors (Lipinski definition) is 3. The van der Waals surface area contributed by atoms with Gasteiger partial charge in [-0.1, -0.05) is 41.0 Å². The fourth-order valence-corrected chi connectivity index (χ4v) is 2.95. The summed E-state index contributed by atoms with van der Waals surface area (Å²) in [5, 5.41) is 9.58. The maximum Gasteiger partial charge on any atom is 0.313 e. The number of nitrogens with zero attached hydrogens (tertiary/aromatic N) is 2. The predicted molar refractivity (Wildman–Crippen MR) is 80.7 cm³/mol. The number of aromatic nitrogens is 2. The molecule has 0 saturated carbocycles. The molecule has 0 radical (unpaired) electrons. The number of rotatable bonds is 6. The summed E-state index contributed by atoms with van der Waals surface area (Å²) in [5.41, 5.74) is 1.96. The Morgan fingerprint density at radius 2 is 2.32 bits per heavy atom. The molecule has 19 heavy (non-hydrogen) atoms. The van der Waals surface area contributed by atoms with Gasteiger partial charge in [-0.25, -0.2) is 4.98 Å². The normalized spacial score (nSPS) is 11.1. The summed E-state index contributed by atoms with van der Waals surface area (Å²) >= 11 is 4.74. The van der Waals surface area contributed by atoms with Gasteiger partial charge in [0.05, 0.1) is 16.8 Å². The van der Waals surface area contributed by atoms with E-state index in [4.69, 9.17) is 5.11 Å². The van der Waals surface area contributed by atoms with Gasteiger partial charge in [-0.15, -0.1) is 0 Å².